The monoisotopic (exact) mass is 429 g/mol. The second-order valence-corrected chi connectivity index (χ2v) is 7.80. The highest BCUT2D eigenvalue weighted by Gasteiger charge is 2.22. The zero-order valence-electron chi connectivity index (χ0n) is 17.3. The molecule has 1 aromatic heterocycles. The lowest BCUT2D eigenvalue weighted by molar-refractivity contribution is -0.116. The number of hydrogen-bond donors (Lipinski definition) is 1. The number of ether oxygens (including phenoxy) is 2. The van der Waals surface area contributed by atoms with Crippen molar-refractivity contribution in [1.82, 2.24) is 15.1 Å². The van der Waals surface area contributed by atoms with Gasteiger partial charge in [0.1, 0.15) is 0 Å². The molecule has 3 rings (SSSR count). The van der Waals surface area contributed by atoms with Crippen LogP contribution in [0.3, 0.4) is 0 Å². The van der Waals surface area contributed by atoms with Crippen LogP contribution in [0, 0.1) is 0 Å². The molecule has 7 nitrogen and oxygen atoms in total. The number of piperazine rings is 1. The molecule has 2 heterocycles. The summed E-state index contributed by atoms with van der Waals surface area (Å²) in [5.74, 6) is 1.24. The highest BCUT2D eigenvalue weighted by Crippen LogP contribution is 2.27. The Bertz CT molecular complexity index is 875. The van der Waals surface area contributed by atoms with Crippen LogP contribution in [-0.2, 0) is 4.79 Å². The molecular formula is C22H27N3O4S. The van der Waals surface area contributed by atoms with E-state index in [4.69, 9.17) is 9.47 Å². The first-order valence-corrected chi connectivity index (χ1v) is 10.7. The van der Waals surface area contributed by atoms with Crippen LogP contribution in [-0.4, -0.2) is 75.1 Å². The molecule has 0 atom stereocenters. The lowest BCUT2D eigenvalue weighted by Crippen LogP contribution is -2.50. The minimum absolute atomic E-state index is 0.109. The molecule has 1 saturated heterocycles. The molecule has 160 valence electrons. The number of amides is 2. The van der Waals surface area contributed by atoms with Gasteiger partial charge < -0.3 is 19.7 Å². The smallest absolute Gasteiger partial charge is 0.264 e. The Morgan fingerprint density at radius 1 is 1.10 bits per heavy atom. The molecule has 8 heteroatoms. The van der Waals surface area contributed by atoms with Gasteiger partial charge in [-0.25, -0.2) is 0 Å². The van der Waals surface area contributed by atoms with Gasteiger partial charge in [0, 0.05) is 45.3 Å². The summed E-state index contributed by atoms with van der Waals surface area (Å²) in [5, 5.41) is 4.83. The normalized spacial score (nSPS) is 14.7. The third-order valence-electron chi connectivity index (χ3n) is 4.95. The van der Waals surface area contributed by atoms with Crippen LogP contribution in [0.1, 0.15) is 15.2 Å². The molecule has 0 radical (unpaired) electrons. The lowest BCUT2D eigenvalue weighted by atomic mass is 10.2. The van der Waals surface area contributed by atoms with Crippen LogP contribution >= 0.6 is 11.3 Å². The summed E-state index contributed by atoms with van der Waals surface area (Å²) < 4.78 is 10.5. The number of carbonyl (C=O) groups is 2. The van der Waals surface area contributed by atoms with Gasteiger partial charge in [-0.2, -0.15) is 0 Å². The van der Waals surface area contributed by atoms with Crippen LogP contribution in [0.25, 0.3) is 6.08 Å². The average molecular weight is 430 g/mol. The quantitative estimate of drug-likeness (QED) is 0.653. The van der Waals surface area contributed by atoms with E-state index in [0.29, 0.717) is 31.1 Å². The number of hydrogen-bond acceptors (Lipinski definition) is 6. The number of thiophene rings is 1. The molecule has 30 heavy (non-hydrogen) atoms. The summed E-state index contributed by atoms with van der Waals surface area (Å²) in [6, 6.07) is 9.25. The van der Waals surface area contributed by atoms with Crippen LogP contribution in [0.5, 0.6) is 11.5 Å². The summed E-state index contributed by atoms with van der Waals surface area (Å²) in [6.45, 7) is 4.38. The molecule has 0 spiro atoms. The molecular weight excluding hydrogens is 402 g/mol. The lowest BCUT2D eigenvalue weighted by Gasteiger charge is -2.34. The zero-order valence-corrected chi connectivity index (χ0v) is 18.1. The van der Waals surface area contributed by atoms with Gasteiger partial charge in [0.15, 0.2) is 11.5 Å². The van der Waals surface area contributed by atoms with Crippen molar-refractivity contribution >= 4 is 29.2 Å². The standard InChI is InChI=1S/C22H27N3O4S/c1-28-18-7-5-17(16-19(18)29-2)6-8-21(26)23-9-10-24-11-13-25(14-12-24)22(27)20-4-3-15-30-20/h3-8,15-16H,9-14H2,1-2H3,(H,23,26)/b8-6+. The van der Waals surface area contributed by atoms with E-state index >= 15 is 0 Å². The minimum Gasteiger partial charge on any atom is -0.493 e. The van der Waals surface area contributed by atoms with E-state index in [9.17, 15) is 9.59 Å². The molecule has 1 N–H and O–H groups in total. The molecule has 2 aromatic rings. The highest BCUT2D eigenvalue weighted by molar-refractivity contribution is 7.12. The number of benzene rings is 1. The maximum absolute atomic E-state index is 12.4. The van der Waals surface area contributed by atoms with Gasteiger partial charge in [0.05, 0.1) is 19.1 Å². The third kappa shape index (κ3) is 5.84. The SMILES string of the molecule is COc1ccc(/C=C/C(=O)NCCN2CCN(C(=O)c3cccs3)CC2)cc1OC. The van der Waals surface area contributed by atoms with Crippen LogP contribution < -0.4 is 14.8 Å². The van der Waals surface area contributed by atoms with Gasteiger partial charge in [-0.05, 0) is 35.2 Å². The van der Waals surface area contributed by atoms with E-state index in [1.807, 2.05) is 34.5 Å². The van der Waals surface area contributed by atoms with Crippen LogP contribution in [0.2, 0.25) is 0 Å². The van der Waals surface area contributed by atoms with Gasteiger partial charge in [-0.3, -0.25) is 14.5 Å². The van der Waals surface area contributed by atoms with Crippen molar-refractivity contribution in [2.45, 2.75) is 0 Å². The topological polar surface area (TPSA) is 71.1 Å². The van der Waals surface area contributed by atoms with Crippen molar-refractivity contribution in [3.63, 3.8) is 0 Å². The second-order valence-electron chi connectivity index (χ2n) is 6.85. The number of methoxy groups -OCH3 is 2. The van der Waals surface area contributed by atoms with Gasteiger partial charge in [0.25, 0.3) is 5.91 Å². The Hall–Kier alpha value is -2.84. The number of carbonyl (C=O) groups excluding carboxylic acids is 2. The van der Waals surface area contributed by atoms with E-state index < -0.39 is 0 Å². The van der Waals surface area contributed by atoms with E-state index in [1.54, 1.807) is 26.4 Å². The summed E-state index contributed by atoms with van der Waals surface area (Å²) in [4.78, 5) is 29.4. The van der Waals surface area contributed by atoms with Crippen molar-refractivity contribution in [1.29, 1.82) is 0 Å². The fourth-order valence-corrected chi connectivity index (χ4v) is 3.95. The molecule has 0 bridgehead atoms. The van der Waals surface area contributed by atoms with Gasteiger partial charge in [0.2, 0.25) is 5.91 Å². The third-order valence-corrected chi connectivity index (χ3v) is 5.81. The van der Waals surface area contributed by atoms with Gasteiger partial charge >= 0.3 is 0 Å². The molecule has 1 fully saturated rings. The van der Waals surface area contributed by atoms with E-state index in [1.165, 1.54) is 17.4 Å². The Kier molecular flexibility index (Phi) is 7.87. The second kappa shape index (κ2) is 10.8. The fourth-order valence-electron chi connectivity index (χ4n) is 3.26. The Labute approximate surface area is 180 Å². The first kappa shape index (κ1) is 21.9. The first-order chi connectivity index (χ1) is 14.6. The highest BCUT2D eigenvalue weighted by atomic mass is 32.1. The van der Waals surface area contributed by atoms with Crippen molar-refractivity contribution in [2.24, 2.45) is 0 Å². The summed E-state index contributed by atoms with van der Waals surface area (Å²) in [6.07, 6.45) is 3.26. The first-order valence-electron chi connectivity index (χ1n) is 9.84. The Morgan fingerprint density at radius 2 is 1.87 bits per heavy atom. The predicted molar refractivity (Wildman–Crippen MR) is 118 cm³/mol. The van der Waals surface area contributed by atoms with Crippen molar-refractivity contribution in [3.8, 4) is 11.5 Å². The van der Waals surface area contributed by atoms with Crippen molar-refractivity contribution in [2.75, 3.05) is 53.5 Å². The fraction of sp³-hybridized carbons (Fsp3) is 0.364. The Balaban J connectivity index is 1.38. The molecule has 1 aliphatic rings. The summed E-state index contributed by atoms with van der Waals surface area (Å²) in [5.41, 5.74) is 0.856. The van der Waals surface area contributed by atoms with Crippen molar-refractivity contribution in [3.05, 3.63) is 52.2 Å². The van der Waals surface area contributed by atoms with E-state index in [-0.39, 0.29) is 11.8 Å². The molecule has 0 unspecified atom stereocenters. The minimum atomic E-state index is -0.142. The largest absolute Gasteiger partial charge is 0.493 e. The van der Waals surface area contributed by atoms with Gasteiger partial charge in [-0.15, -0.1) is 11.3 Å². The number of rotatable bonds is 8. The molecule has 0 saturated carbocycles. The van der Waals surface area contributed by atoms with Crippen molar-refractivity contribution < 1.29 is 19.1 Å². The van der Waals surface area contributed by atoms with E-state index in [2.05, 4.69) is 10.2 Å². The number of nitrogens with one attached hydrogen (secondary N) is 1. The average Bonchev–Trinajstić information content (AvgIpc) is 3.32. The predicted octanol–water partition coefficient (Wildman–Crippen LogP) is 2.35. The zero-order chi connectivity index (χ0) is 21.3. The maximum atomic E-state index is 12.4. The number of nitrogens with zero attached hydrogens (tertiary/aromatic N) is 2. The van der Waals surface area contributed by atoms with Gasteiger partial charge in [-0.1, -0.05) is 12.1 Å². The maximum Gasteiger partial charge on any atom is 0.264 e. The Morgan fingerprint density at radius 3 is 2.53 bits per heavy atom. The molecule has 0 aliphatic carbocycles. The molecule has 1 aromatic carbocycles. The van der Waals surface area contributed by atoms with Crippen LogP contribution in [0.15, 0.2) is 41.8 Å². The van der Waals surface area contributed by atoms with Crippen LogP contribution in [0.4, 0.5) is 0 Å². The summed E-state index contributed by atoms with van der Waals surface area (Å²) >= 11 is 1.48. The molecule has 1 aliphatic heterocycles. The molecule has 2 amide bonds. The van der Waals surface area contributed by atoms with E-state index in [0.717, 1.165) is 30.1 Å². The summed E-state index contributed by atoms with van der Waals surface area (Å²) in [7, 11) is 3.16.